The van der Waals surface area contributed by atoms with Gasteiger partial charge in [-0.25, -0.2) is 0 Å². The van der Waals surface area contributed by atoms with Crippen molar-refractivity contribution in [3.05, 3.63) is 42.0 Å². The average Bonchev–Trinajstić information content (AvgIpc) is 3.15. The van der Waals surface area contributed by atoms with Crippen molar-refractivity contribution in [2.75, 3.05) is 6.54 Å². The van der Waals surface area contributed by atoms with E-state index in [9.17, 15) is 0 Å². The van der Waals surface area contributed by atoms with Crippen LogP contribution in [0.4, 0.5) is 0 Å². The number of hydrogen-bond donors (Lipinski definition) is 1. The van der Waals surface area contributed by atoms with Gasteiger partial charge in [-0.15, -0.1) is 11.8 Å². The van der Waals surface area contributed by atoms with E-state index in [1.165, 1.54) is 17.7 Å². The fourth-order valence-corrected chi connectivity index (χ4v) is 3.67. The summed E-state index contributed by atoms with van der Waals surface area (Å²) in [5.74, 6) is 2.74. The zero-order chi connectivity index (χ0) is 14.5. The van der Waals surface area contributed by atoms with Crippen LogP contribution in [0.25, 0.3) is 0 Å². The fourth-order valence-electron chi connectivity index (χ4n) is 2.90. The summed E-state index contributed by atoms with van der Waals surface area (Å²) in [6.07, 6.45) is 3.58. The Bertz CT molecular complexity index is 558. The normalized spacial score (nSPS) is 21.8. The predicted molar refractivity (Wildman–Crippen MR) is 84.4 cm³/mol. The standard InChI is InChI=1S/C16H21N3OS/c1-2-17-14-10-6-9-13(14)16-18-15(19-20-16)11-21-12-7-4-3-5-8-12/h3-5,7-8,13-14,17H,2,6,9-11H2,1H3. The van der Waals surface area contributed by atoms with Crippen molar-refractivity contribution >= 4 is 11.8 Å². The SMILES string of the molecule is CCNC1CCCC1c1nc(CSc2ccccc2)no1. The maximum absolute atomic E-state index is 5.50. The summed E-state index contributed by atoms with van der Waals surface area (Å²) in [4.78, 5) is 5.83. The lowest BCUT2D eigenvalue weighted by molar-refractivity contribution is 0.329. The van der Waals surface area contributed by atoms with Gasteiger partial charge in [0.25, 0.3) is 0 Å². The van der Waals surface area contributed by atoms with Crippen molar-refractivity contribution in [2.24, 2.45) is 0 Å². The Labute approximate surface area is 129 Å². The van der Waals surface area contributed by atoms with Crippen molar-refractivity contribution in [2.45, 2.75) is 48.8 Å². The van der Waals surface area contributed by atoms with Gasteiger partial charge in [-0.05, 0) is 31.5 Å². The van der Waals surface area contributed by atoms with Gasteiger partial charge in [0.1, 0.15) is 0 Å². The van der Waals surface area contributed by atoms with Crippen LogP contribution in [0, 0.1) is 0 Å². The van der Waals surface area contributed by atoms with Gasteiger partial charge >= 0.3 is 0 Å². The lowest BCUT2D eigenvalue weighted by atomic mass is 10.0. The van der Waals surface area contributed by atoms with Crippen LogP contribution >= 0.6 is 11.8 Å². The van der Waals surface area contributed by atoms with E-state index in [1.807, 2.05) is 18.2 Å². The van der Waals surface area contributed by atoms with E-state index in [1.54, 1.807) is 11.8 Å². The lowest BCUT2D eigenvalue weighted by Gasteiger charge is -2.16. The summed E-state index contributed by atoms with van der Waals surface area (Å²) >= 11 is 1.74. The molecule has 1 N–H and O–H groups in total. The Hall–Kier alpha value is -1.33. The van der Waals surface area contributed by atoms with Crippen LogP contribution in [0.15, 0.2) is 39.8 Å². The number of hydrogen-bond acceptors (Lipinski definition) is 5. The first kappa shape index (κ1) is 14.6. The summed E-state index contributed by atoms with van der Waals surface area (Å²) in [5.41, 5.74) is 0. The summed E-state index contributed by atoms with van der Waals surface area (Å²) < 4.78 is 5.50. The molecule has 0 saturated heterocycles. The zero-order valence-electron chi connectivity index (χ0n) is 12.3. The highest BCUT2D eigenvalue weighted by molar-refractivity contribution is 7.98. The van der Waals surface area contributed by atoms with Crippen molar-refractivity contribution < 1.29 is 4.52 Å². The van der Waals surface area contributed by atoms with Crippen molar-refractivity contribution in [1.82, 2.24) is 15.5 Å². The summed E-state index contributed by atoms with van der Waals surface area (Å²) in [5, 5.41) is 7.66. The van der Waals surface area contributed by atoms with Crippen LogP contribution in [-0.2, 0) is 5.75 Å². The molecular weight excluding hydrogens is 282 g/mol. The second kappa shape index (κ2) is 7.09. The molecule has 1 aromatic carbocycles. The lowest BCUT2D eigenvalue weighted by Crippen LogP contribution is -2.31. The minimum absolute atomic E-state index is 0.382. The largest absolute Gasteiger partial charge is 0.339 e. The van der Waals surface area contributed by atoms with Crippen LogP contribution in [0.2, 0.25) is 0 Å². The van der Waals surface area contributed by atoms with Crippen LogP contribution in [0.1, 0.15) is 43.8 Å². The molecule has 2 unspecified atom stereocenters. The van der Waals surface area contributed by atoms with Crippen LogP contribution in [-0.4, -0.2) is 22.7 Å². The Morgan fingerprint density at radius 2 is 2.14 bits per heavy atom. The van der Waals surface area contributed by atoms with Gasteiger partial charge in [-0.2, -0.15) is 4.98 Å². The Balaban J connectivity index is 1.61. The van der Waals surface area contributed by atoms with Gasteiger partial charge in [-0.3, -0.25) is 0 Å². The van der Waals surface area contributed by atoms with Gasteiger partial charge in [0.2, 0.25) is 5.89 Å². The molecule has 21 heavy (non-hydrogen) atoms. The molecule has 0 bridgehead atoms. The van der Waals surface area contributed by atoms with Gasteiger partial charge in [0.05, 0.1) is 11.7 Å². The third-order valence-electron chi connectivity index (χ3n) is 3.89. The Kier molecular flexibility index (Phi) is 4.93. The average molecular weight is 303 g/mol. The summed E-state index contributed by atoms with van der Waals surface area (Å²) in [7, 11) is 0. The number of aromatic nitrogens is 2. The maximum atomic E-state index is 5.50. The van der Waals surface area contributed by atoms with Gasteiger partial charge in [0.15, 0.2) is 5.82 Å². The van der Waals surface area contributed by atoms with Gasteiger partial charge < -0.3 is 9.84 Å². The molecule has 5 heteroatoms. The highest BCUT2D eigenvalue weighted by Crippen LogP contribution is 2.34. The number of nitrogens with zero attached hydrogens (tertiary/aromatic N) is 2. The number of likely N-dealkylation sites (N-methyl/N-ethyl adjacent to an activating group) is 1. The first-order chi connectivity index (χ1) is 10.4. The van der Waals surface area contributed by atoms with Crippen LogP contribution in [0.3, 0.4) is 0 Å². The Morgan fingerprint density at radius 1 is 1.29 bits per heavy atom. The topological polar surface area (TPSA) is 51.0 Å². The van der Waals surface area contributed by atoms with E-state index in [0.29, 0.717) is 12.0 Å². The molecule has 1 aliphatic carbocycles. The monoisotopic (exact) mass is 303 g/mol. The van der Waals surface area contributed by atoms with E-state index in [0.717, 1.165) is 30.4 Å². The fraction of sp³-hybridized carbons (Fsp3) is 0.500. The minimum atomic E-state index is 0.382. The third kappa shape index (κ3) is 3.66. The molecule has 2 atom stereocenters. The van der Waals surface area contributed by atoms with E-state index in [4.69, 9.17) is 4.52 Å². The first-order valence-corrected chi connectivity index (χ1v) is 8.59. The molecular formula is C16H21N3OS. The van der Waals surface area contributed by atoms with Crippen molar-refractivity contribution in [3.8, 4) is 0 Å². The molecule has 4 nitrogen and oxygen atoms in total. The van der Waals surface area contributed by atoms with Crippen LogP contribution < -0.4 is 5.32 Å². The molecule has 1 heterocycles. The molecule has 0 amide bonds. The van der Waals surface area contributed by atoms with Crippen molar-refractivity contribution in [1.29, 1.82) is 0 Å². The van der Waals surface area contributed by atoms with E-state index >= 15 is 0 Å². The Morgan fingerprint density at radius 3 is 2.95 bits per heavy atom. The highest BCUT2D eigenvalue weighted by Gasteiger charge is 2.32. The first-order valence-electron chi connectivity index (χ1n) is 7.60. The predicted octanol–water partition coefficient (Wildman–Crippen LogP) is 3.61. The minimum Gasteiger partial charge on any atom is -0.339 e. The second-order valence-corrected chi connectivity index (χ2v) is 6.40. The van der Waals surface area contributed by atoms with E-state index in [2.05, 4.69) is 34.5 Å². The summed E-state index contributed by atoms with van der Waals surface area (Å²) in [6.45, 7) is 3.14. The molecule has 0 radical (unpaired) electrons. The smallest absolute Gasteiger partial charge is 0.231 e. The molecule has 0 aliphatic heterocycles. The quantitative estimate of drug-likeness (QED) is 0.826. The van der Waals surface area contributed by atoms with E-state index in [-0.39, 0.29) is 0 Å². The van der Waals surface area contributed by atoms with Crippen LogP contribution in [0.5, 0.6) is 0 Å². The number of benzene rings is 1. The van der Waals surface area contributed by atoms with Gasteiger partial charge in [0, 0.05) is 10.9 Å². The second-order valence-electron chi connectivity index (χ2n) is 5.35. The number of rotatable bonds is 6. The molecule has 112 valence electrons. The van der Waals surface area contributed by atoms with Gasteiger partial charge in [-0.1, -0.05) is 36.7 Å². The molecule has 1 saturated carbocycles. The third-order valence-corrected chi connectivity index (χ3v) is 4.90. The molecule has 1 aliphatic rings. The molecule has 1 aromatic heterocycles. The molecule has 3 rings (SSSR count). The molecule has 2 aromatic rings. The van der Waals surface area contributed by atoms with Crippen molar-refractivity contribution in [3.63, 3.8) is 0 Å². The van der Waals surface area contributed by atoms with E-state index < -0.39 is 0 Å². The summed E-state index contributed by atoms with van der Waals surface area (Å²) in [6, 6.07) is 10.8. The number of thioether (sulfide) groups is 1. The highest BCUT2D eigenvalue weighted by atomic mass is 32.2. The molecule has 0 spiro atoms. The zero-order valence-corrected chi connectivity index (χ0v) is 13.1. The maximum Gasteiger partial charge on any atom is 0.231 e. The number of nitrogens with one attached hydrogen (secondary N) is 1. The molecule has 1 fully saturated rings.